The van der Waals surface area contributed by atoms with Crippen LogP contribution in [-0.2, 0) is 4.74 Å². The fraction of sp³-hybridized carbons (Fsp3) is 0.600. The molecule has 0 saturated carbocycles. The van der Waals surface area contributed by atoms with Crippen LogP contribution in [0.4, 0.5) is 11.6 Å². The predicted molar refractivity (Wildman–Crippen MR) is 62.0 cm³/mol. The van der Waals surface area contributed by atoms with E-state index in [1.165, 1.54) is 6.33 Å². The monoisotopic (exact) mass is 223 g/mol. The van der Waals surface area contributed by atoms with Gasteiger partial charge in [-0.3, -0.25) is 0 Å². The third-order valence-corrected chi connectivity index (χ3v) is 2.80. The van der Waals surface area contributed by atoms with E-state index in [9.17, 15) is 0 Å². The van der Waals surface area contributed by atoms with Crippen LogP contribution in [0.15, 0.2) is 6.33 Å². The van der Waals surface area contributed by atoms with Crippen LogP contribution in [0.25, 0.3) is 0 Å². The second-order valence-electron chi connectivity index (χ2n) is 3.95. The van der Waals surface area contributed by atoms with Gasteiger partial charge in [-0.1, -0.05) is 0 Å². The first kappa shape index (κ1) is 11.1. The SMILES string of the molecule is Cc1c(NN)ncnc1NCC1CCOC1. The summed E-state index contributed by atoms with van der Waals surface area (Å²) < 4.78 is 5.32. The average molecular weight is 223 g/mol. The van der Waals surface area contributed by atoms with Crippen molar-refractivity contribution in [1.29, 1.82) is 0 Å². The van der Waals surface area contributed by atoms with Crippen LogP contribution < -0.4 is 16.6 Å². The van der Waals surface area contributed by atoms with Gasteiger partial charge in [-0.05, 0) is 13.3 Å². The topological polar surface area (TPSA) is 85.1 Å². The Balaban J connectivity index is 1.97. The second-order valence-corrected chi connectivity index (χ2v) is 3.95. The molecule has 16 heavy (non-hydrogen) atoms. The first-order valence-corrected chi connectivity index (χ1v) is 5.41. The minimum absolute atomic E-state index is 0.573. The Labute approximate surface area is 94.6 Å². The summed E-state index contributed by atoms with van der Waals surface area (Å²) in [5.41, 5.74) is 3.48. The van der Waals surface area contributed by atoms with Gasteiger partial charge < -0.3 is 15.5 Å². The molecule has 6 nitrogen and oxygen atoms in total. The van der Waals surface area contributed by atoms with E-state index in [0.717, 1.165) is 37.6 Å². The number of nitrogens with one attached hydrogen (secondary N) is 2. The van der Waals surface area contributed by atoms with Crippen molar-refractivity contribution in [2.45, 2.75) is 13.3 Å². The van der Waals surface area contributed by atoms with Crippen molar-refractivity contribution in [3.8, 4) is 0 Å². The highest BCUT2D eigenvalue weighted by Gasteiger charge is 2.16. The largest absolute Gasteiger partial charge is 0.381 e. The zero-order chi connectivity index (χ0) is 11.4. The number of hydrogen-bond acceptors (Lipinski definition) is 6. The normalized spacial score (nSPS) is 19.8. The lowest BCUT2D eigenvalue weighted by Crippen LogP contribution is -2.17. The molecule has 1 unspecified atom stereocenters. The van der Waals surface area contributed by atoms with Crippen molar-refractivity contribution in [1.82, 2.24) is 9.97 Å². The van der Waals surface area contributed by atoms with Crippen LogP contribution >= 0.6 is 0 Å². The maximum atomic E-state index is 5.35. The Morgan fingerprint density at radius 3 is 3.00 bits per heavy atom. The third kappa shape index (κ3) is 2.40. The van der Waals surface area contributed by atoms with Gasteiger partial charge in [0, 0.05) is 24.6 Å². The van der Waals surface area contributed by atoms with Crippen molar-refractivity contribution in [3.63, 3.8) is 0 Å². The van der Waals surface area contributed by atoms with Gasteiger partial charge in [-0.25, -0.2) is 15.8 Å². The molecule has 1 aromatic rings. The molecule has 0 spiro atoms. The van der Waals surface area contributed by atoms with Gasteiger partial charge in [0.15, 0.2) is 0 Å². The number of hydrazine groups is 1. The number of anilines is 2. The number of ether oxygens (including phenoxy) is 1. The minimum atomic E-state index is 0.573. The molecule has 0 aliphatic carbocycles. The van der Waals surface area contributed by atoms with Gasteiger partial charge >= 0.3 is 0 Å². The van der Waals surface area contributed by atoms with Crippen molar-refractivity contribution < 1.29 is 4.74 Å². The van der Waals surface area contributed by atoms with Gasteiger partial charge in [0.2, 0.25) is 0 Å². The molecule has 1 aliphatic heterocycles. The van der Waals surface area contributed by atoms with Crippen molar-refractivity contribution in [3.05, 3.63) is 11.9 Å². The minimum Gasteiger partial charge on any atom is -0.381 e. The maximum Gasteiger partial charge on any atom is 0.148 e. The summed E-state index contributed by atoms with van der Waals surface area (Å²) in [5, 5.41) is 3.30. The van der Waals surface area contributed by atoms with Gasteiger partial charge in [-0.2, -0.15) is 0 Å². The summed E-state index contributed by atoms with van der Waals surface area (Å²) in [4.78, 5) is 8.21. The zero-order valence-corrected chi connectivity index (χ0v) is 9.36. The highest BCUT2D eigenvalue weighted by Crippen LogP contribution is 2.19. The van der Waals surface area contributed by atoms with Gasteiger partial charge in [0.1, 0.15) is 18.0 Å². The lowest BCUT2D eigenvalue weighted by atomic mass is 10.1. The highest BCUT2D eigenvalue weighted by atomic mass is 16.5. The van der Waals surface area contributed by atoms with Crippen LogP contribution in [-0.4, -0.2) is 29.7 Å². The van der Waals surface area contributed by atoms with E-state index in [1.807, 2.05) is 6.92 Å². The molecule has 0 aromatic carbocycles. The molecule has 0 bridgehead atoms. The summed E-state index contributed by atoms with van der Waals surface area (Å²) in [6, 6.07) is 0. The van der Waals surface area contributed by atoms with Crippen LogP contribution in [0.5, 0.6) is 0 Å². The number of hydrogen-bond donors (Lipinski definition) is 3. The molecule has 6 heteroatoms. The molecule has 1 aliphatic rings. The Morgan fingerprint density at radius 1 is 1.50 bits per heavy atom. The smallest absolute Gasteiger partial charge is 0.148 e. The van der Waals surface area contributed by atoms with E-state index >= 15 is 0 Å². The van der Waals surface area contributed by atoms with Crippen LogP contribution in [0.1, 0.15) is 12.0 Å². The van der Waals surface area contributed by atoms with Crippen molar-refractivity contribution >= 4 is 11.6 Å². The standard InChI is InChI=1S/C10H17N5O/c1-7-9(13-6-14-10(7)15-11)12-4-8-2-3-16-5-8/h6,8H,2-5,11H2,1H3,(H2,12,13,14,15). The van der Waals surface area contributed by atoms with E-state index in [-0.39, 0.29) is 0 Å². The summed E-state index contributed by atoms with van der Waals surface area (Å²) in [5.74, 6) is 7.40. The number of rotatable bonds is 4. The van der Waals surface area contributed by atoms with Gasteiger partial charge in [0.25, 0.3) is 0 Å². The Bertz CT molecular complexity index is 351. The second kappa shape index (κ2) is 5.09. The zero-order valence-electron chi connectivity index (χ0n) is 9.36. The van der Waals surface area contributed by atoms with E-state index in [0.29, 0.717) is 11.7 Å². The molecule has 0 amide bonds. The Hall–Kier alpha value is -1.40. The molecule has 2 rings (SSSR count). The average Bonchev–Trinajstić information content (AvgIpc) is 2.81. The van der Waals surface area contributed by atoms with Crippen LogP contribution in [0, 0.1) is 12.8 Å². The first-order valence-electron chi connectivity index (χ1n) is 5.41. The van der Waals surface area contributed by atoms with E-state index in [1.54, 1.807) is 0 Å². The Morgan fingerprint density at radius 2 is 2.31 bits per heavy atom. The molecule has 2 heterocycles. The van der Waals surface area contributed by atoms with Gasteiger partial charge in [-0.15, -0.1) is 0 Å². The molecule has 1 atom stereocenters. The number of nitrogens with zero attached hydrogens (tertiary/aromatic N) is 2. The summed E-state index contributed by atoms with van der Waals surface area (Å²) in [7, 11) is 0. The maximum absolute atomic E-state index is 5.35. The number of aromatic nitrogens is 2. The molecule has 4 N–H and O–H groups in total. The predicted octanol–water partition coefficient (Wildman–Crippen LogP) is 0.519. The highest BCUT2D eigenvalue weighted by molar-refractivity contribution is 5.55. The molecule has 1 fully saturated rings. The van der Waals surface area contributed by atoms with Gasteiger partial charge in [0.05, 0.1) is 6.61 Å². The van der Waals surface area contributed by atoms with Crippen LogP contribution in [0.3, 0.4) is 0 Å². The molecule has 0 radical (unpaired) electrons. The van der Waals surface area contributed by atoms with E-state index in [4.69, 9.17) is 10.6 Å². The molecule has 1 aromatic heterocycles. The van der Waals surface area contributed by atoms with E-state index in [2.05, 4.69) is 20.7 Å². The summed E-state index contributed by atoms with van der Waals surface area (Å²) in [6.07, 6.45) is 2.61. The molecular weight excluding hydrogens is 206 g/mol. The van der Waals surface area contributed by atoms with Crippen molar-refractivity contribution in [2.24, 2.45) is 11.8 Å². The third-order valence-electron chi connectivity index (χ3n) is 2.80. The van der Waals surface area contributed by atoms with E-state index < -0.39 is 0 Å². The fourth-order valence-corrected chi connectivity index (χ4v) is 1.76. The lowest BCUT2D eigenvalue weighted by Gasteiger charge is -2.13. The summed E-state index contributed by atoms with van der Waals surface area (Å²) >= 11 is 0. The molecule has 1 saturated heterocycles. The summed E-state index contributed by atoms with van der Waals surface area (Å²) in [6.45, 7) is 4.51. The first-order chi connectivity index (χ1) is 7.81. The fourth-order valence-electron chi connectivity index (χ4n) is 1.76. The molecular formula is C10H17N5O. The van der Waals surface area contributed by atoms with Crippen molar-refractivity contribution in [2.75, 3.05) is 30.5 Å². The number of nitrogen functional groups attached to an aromatic ring is 1. The Kier molecular flexibility index (Phi) is 3.53. The van der Waals surface area contributed by atoms with Crippen LogP contribution in [0.2, 0.25) is 0 Å². The quantitative estimate of drug-likeness (QED) is 0.509. The molecule has 88 valence electrons. The lowest BCUT2D eigenvalue weighted by molar-refractivity contribution is 0.187. The number of nitrogens with two attached hydrogens (primary N) is 1.